The maximum atomic E-state index is 13.6. The van der Waals surface area contributed by atoms with Crippen LogP contribution in [0.25, 0.3) is 0 Å². The first kappa shape index (κ1) is 23.8. The Bertz CT molecular complexity index is 1460. The van der Waals surface area contributed by atoms with Crippen molar-refractivity contribution in [2.75, 3.05) is 5.32 Å². The monoisotopic (exact) mass is 519 g/mol. The first-order chi connectivity index (χ1) is 17.7. The van der Waals surface area contributed by atoms with Gasteiger partial charge in [-0.2, -0.15) is 0 Å². The van der Waals surface area contributed by atoms with Crippen LogP contribution in [0.2, 0.25) is 0 Å². The molecule has 2 amide bonds. The van der Waals surface area contributed by atoms with Crippen LogP contribution in [-0.2, 0) is 27.7 Å². The Morgan fingerprint density at radius 1 is 0.838 bits per heavy atom. The number of benzene rings is 3. The Morgan fingerprint density at radius 3 is 1.97 bits per heavy atom. The normalized spacial score (nSPS) is 22.8. The number of rotatable bonds is 7. The van der Waals surface area contributed by atoms with E-state index in [1.54, 1.807) is 12.1 Å². The summed E-state index contributed by atoms with van der Waals surface area (Å²) >= 11 is 0. The summed E-state index contributed by atoms with van der Waals surface area (Å²) in [7, 11) is -3.65. The zero-order valence-electron chi connectivity index (χ0n) is 20.0. The molecule has 3 saturated carbocycles. The summed E-state index contributed by atoms with van der Waals surface area (Å²) in [5, 5.41) is 5.75. The molecule has 0 aromatic heterocycles. The van der Waals surface area contributed by atoms with Crippen LogP contribution in [0.3, 0.4) is 0 Å². The SMILES string of the molecule is O=C(NC1(C(=O)Nc2ccc(S(=O)(=O)NC34CC(C3)C4)cc2)Cc2ccccc2C1)c1ccc(F)cc1. The molecule has 0 radical (unpaired) electrons. The molecule has 0 atom stereocenters. The highest BCUT2D eigenvalue weighted by molar-refractivity contribution is 7.89. The number of carbonyl (C=O) groups excluding carboxylic acids is 2. The number of carbonyl (C=O) groups is 2. The molecule has 0 aliphatic heterocycles. The molecule has 0 saturated heterocycles. The first-order valence-corrected chi connectivity index (χ1v) is 13.7. The maximum absolute atomic E-state index is 13.6. The molecule has 7 rings (SSSR count). The van der Waals surface area contributed by atoms with Gasteiger partial charge in [0.1, 0.15) is 11.4 Å². The molecular formula is C28H26FN3O4S. The fourth-order valence-electron chi connectivity index (χ4n) is 5.73. The topological polar surface area (TPSA) is 104 Å². The molecule has 3 N–H and O–H groups in total. The minimum Gasteiger partial charge on any atom is -0.337 e. The van der Waals surface area contributed by atoms with E-state index in [-0.39, 0.29) is 16.0 Å². The molecule has 4 aliphatic carbocycles. The number of hydrogen-bond donors (Lipinski definition) is 3. The van der Waals surface area contributed by atoms with Gasteiger partial charge in [-0.3, -0.25) is 9.59 Å². The Labute approximate surface area is 214 Å². The second-order valence-electron chi connectivity index (χ2n) is 10.5. The molecule has 3 fully saturated rings. The van der Waals surface area contributed by atoms with Crippen LogP contribution >= 0.6 is 0 Å². The van der Waals surface area contributed by atoms with Crippen molar-refractivity contribution in [2.45, 2.75) is 48.1 Å². The quantitative estimate of drug-likeness (QED) is 0.444. The summed E-state index contributed by atoms with van der Waals surface area (Å²) in [4.78, 5) is 26.8. The zero-order chi connectivity index (χ0) is 25.8. The molecule has 2 bridgehead atoms. The van der Waals surface area contributed by atoms with E-state index in [9.17, 15) is 22.4 Å². The highest BCUT2D eigenvalue weighted by Crippen LogP contribution is 2.57. The van der Waals surface area contributed by atoms with Crippen molar-refractivity contribution in [2.24, 2.45) is 5.92 Å². The van der Waals surface area contributed by atoms with Crippen LogP contribution in [0, 0.1) is 11.7 Å². The average molecular weight is 520 g/mol. The molecule has 37 heavy (non-hydrogen) atoms. The van der Waals surface area contributed by atoms with E-state index >= 15 is 0 Å². The molecule has 0 spiro atoms. The molecule has 3 aromatic rings. The van der Waals surface area contributed by atoms with Gasteiger partial charge in [-0.25, -0.2) is 17.5 Å². The van der Waals surface area contributed by atoms with E-state index in [0.29, 0.717) is 24.4 Å². The second-order valence-corrected chi connectivity index (χ2v) is 12.2. The van der Waals surface area contributed by atoms with E-state index in [1.165, 1.54) is 36.4 Å². The van der Waals surface area contributed by atoms with Crippen LogP contribution in [0.1, 0.15) is 40.7 Å². The Balaban J connectivity index is 1.21. The smallest absolute Gasteiger partial charge is 0.252 e. The molecule has 4 aliphatic rings. The highest BCUT2D eigenvalue weighted by atomic mass is 32.2. The molecule has 9 heteroatoms. The summed E-state index contributed by atoms with van der Waals surface area (Å²) in [6.45, 7) is 0. The fourth-order valence-corrected chi connectivity index (χ4v) is 7.16. The number of hydrogen-bond acceptors (Lipinski definition) is 4. The predicted molar refractivity (Wildman–Crippen MR) is 136 cm³/mol. The number of amides is 2. The maximum Gasteiger partial charge on any atom is 0.252 e. The number of anilines is 1. The van der Waals surface area contributed by atoms with Crippen LogP contribution in [0.15, 0.2) is 77.7 Å². The van der Waals surface area contributed by atoms with Crippen molar-refractivity contribution in [1.82, 2.24) is 10.0 Å². The van der Waals surface area contributed by atoms with E-state index in [1.807, 2.05) is 24.3 Å². The Morgan fingerprint density at radius 2 is 1.43 bits per heavy atom. The summed E-state index contributed by atoms with van der Waals surface area (Å²) in [5.74, 6) is -0.703. The van der Waals surface area contributed by atoms with E-state index in [0.717, 1.165) is 30.4 Å². The Kier molecular flexibility index (Phi) is 5.47. The molecule has 3 aromatic carbocycles. The predicted octanol–water partition coefficient (Wildman–Crippen LogP) is 3.56. The zero-order valence-corrected chi connectivity index (χ0v) is 20.8. The third-order valence-electron chi connectivity index (χ3n) is 7.81. The third kappa shape index (κ3) is 4.32. The van der Waals surface area contributed by atoms with Gasteiger partial charge < -0.3 is 10.6 Å². The van der Waals surface area contributed by atoms with Gasteiger partial charge in [-0.15, -0.1) is 0 Å². The van der Waals surface area contributed by atoms with Crippen molar-refractivity contribution in [3.05, 3.63) is 95.3 Å². The van der Waals surface area contributed by atoms with Crippen molar-refractivity contribution in [1.29, 1.82) is 0 Å². The fraction of sp³-hybridized carbons (Fsp3) is 0.286. The van der Waals surface area contributed by atoms with Crippen LogP contribution in [-0.4, -0.2) is 31.3 Å². The van der Waals surface area contributed by atoms with Gasteiger partial charge in [-0.05, 0) is 84.8 Å². The van der Waals surface area contributed by atoms with E-state index < -0.39 is 33.2 Å². The van der Waals surface area contributed by atoms with Crippen LogP contribution in [0.4, 0.5) is 10.1 Å². The number of sulfonamides is 1. The number of nitrogens with one attached hydrogen (secondary N) is 3. The van der Waals surface area contributed by atoms with Gasteiger partial charge in [0, 0.05) is 29.6 Å². The molecular weight excluding hydrogens is 493 g/mol. The van der Waals surface area contributed by atoms with Gasteiger partial charge in [0.25, 0.3) is 11.8 Å². The summed E-state index contributed by atoms with van der Waals surface area (Å²) in [6.07, 6.45) is 3.28. The van der Waals surface area contributed by atoms with Gasteiger partial charge >= 0.3 is 0 Å². The molecule has 0 heterocycles. The van der Waals surface area contributed by atoms with Crippen LogP contribution in [0.5, 0.6) is 0 Å². The third-order valence-corrected chi connectivity index (χ3v) is 9.40. The molecule has 190 valence electrons. The number of halogens is 1. The lowest BCUT2D eigenvalue weighted by Crippen LogP contribution is -2.67. The minimum absolute atomic E-state index is 0.142. The first-order valence-electron chi connectivity index (χ1n) is 12.3. The van der Waals surface area contributed by atoms with Gasteiger partial charge in [0.2, 0.25) is 10.0 Å². The van der Waals surface area contributed by atoms with E-state index in [4.69, 9.17) is 0 Å². The average Bonchev–Trinajstić information content (AvgIpc) is 3.21. The number of fused-ring (bicyclic) bond motifs is 1. The van der Waals surface area contributed by atoms with Crippen LogP contribution < -0.4 is 15.4 Å². The van der Waals surface area contributed by atoms with Crippen molar-refractivity contribution >= 4 is 27.5 Å². The van der Waals surface area contributed by atoms with Crippen molar-refractivity contribution in [3.63, 3.8) is 0 Å². The lowest BCUT2D eigenvalue weighted by Gasteiger charge is -2.61. The standard InChI is InChI=1S/C28H26FN3O4S/c29-22-7-5-19(6-8-22)25(33)31-28(16-20-3-1-2-4-21(20)17-28)26(34)30-23-9-11-24(12-10-23)37(35,36)32-27-13-18(14-27)15-27/h1-12,18,32H,13-17H2,(H,30,34)(H,31,33). The Hall–Kier alpha value is -3.56. The summed E-state index contributed by atoms with van der Waals surface area (Å²) in [6, 6.07) is 18.8. The van der Waals surface area contributed by atoms with Crippen molar-refractivity contribution in [3.8, 4) is 0 Å². The lowest BCUT2D eigenvalue weighted by atomic mass is 9.50. The largest absolute Gasteiger partial charge is 0.337 e. The van der Waals surface area contributed by atoms with E-state index in [2.05, 4.69) is 15.4 Å². The van der Waals surface area contributed by atoms with Gasteiger partial charge in [0.05, 0.1) is 4.90 Å². The molecule has 7 nitrogen and oxygen atoms in total. The highest BCUT2D eigenvalue weighted by Gasteiger charge is 2.58. The second kappa shape index (κ2) is 8.49. The minimum atomic E-state index is -3.65. The summed E-state index contributed by atoms with van der Waals surface area (Å²) in [5.41, 5.74) is 1.04. The van der Waals surface area contributed by atoms with Gasteiger partial charge in [-0.1, -0.05) is 24.3 Å². The summed E-state index contributed by atoms with van der Waals surface area (Å²) < 4.78 is 41.8. The van der Waals surface area contributed by atoms with Gasteiger partial charge in [0.15, 0.2) is 0 Å². The van der Waals surface area contributed by atoms with Crippen molar-refractivity contribution < 1.29 is 22.4 Å². The molecule has 0 unspecified atom stereocenters. The lowest BCUT2D eigenvalue weighted by molar-refractivity contribution is -0.121.